The fourth-order valence-corrected chi connectivity index (χ4v) is 7.97. The van der Waals surface area contributed by atoms with E-state index < -0.39 is 35.1 Å². The fourth-order valence-electron chi connectivity index (χ4n) is 7.97. The van der Waals surface area contributed by atoms with Gasteiger partial charge in [0, 0.05) is 11.1 Å². The molecule has 0 saturated heterocycles. The molecule has 398 valence electrons. The maximum atomic E-state index is 15.0. The Labute approximate surface area is 429 Å². The second kappa shape index (κ2) is 38.1. The topological polar surface area (TPSA) is 124 Å². The molecule has 0 aromatic heterocycles. The van der Waals surface area contributed by atoms with Crippen LogP contribution in [0.2, 0.25) is 0 Å². The highest BCUT2D eigenvalue weighted by Crippen LogP contribution is 2.29. The van der Waals surface area contributed by atoms with E-state index in [2.05, 4.69) is 13.2 Å². The van der Waals surface area contributed by atoms with Crippen molar-refractivity contribution < 1.29 is 56.4 Å². The van der Waals surface area contributed by atoms with Crippen molar-refractivity contribution in [2.75, 3.05) is 26.4 Å². The molecule has 10 nitrogen and oxygen atoms in total. The predicted molar refractivity (Wildman–Crippen MR) is 281 cm³/mol. The summed E-state index contributed by atoms with van der Waals surface area (Å²) in [5.41, 5.74) is 1.16. The molecule has 0 fully saturated rings. The van der Waals surface area contributed by atoms with Gasteiger partial charge in [-0.3, -0.25) is 0 Å². The normalized spacial score (nSPS) is 10.9. The summed E-state index contributed by atoms with van der Waals surface area (Å²) in [6.45, 7) is 12.6. The van der Waals surface area contributed by atoms with Crippen molar-refractivity contribution in [1.29, 1.82) is 0 Å². The van der Waals surface area contributed by atoms with Gasteiger partial charge in [0.25, 0.3) is 0 Å². The van der Waals surface area contributed by atoms with Crippen molar-refractivity contribution in [3.63, 3.8) is 0 Å². The van der Waals surface area contributed by atoms with Crippen LogP contribution >= 0.6 is 0 Å². The summed E-state index contributed by atoms with van der Waals surface area (Å²) in [6, 6.07) is 14.6. The third kappa shape index (κ3) is 27.3. The summed E-state index contributed by atoms with van der Waals surface area (Å²) >= 11 is 0. The highest BCUT2D eigenvalue weighted by atomic mass is 19.2. The Kier molecular flexibility index (Phi) is 32.2. The van der Waals surface area contributed by atoms with Crippen molar-refractivity contribution in [3.05, 3.63) is 108 Å². The molecule has 0 atom stereocenters. The first kappa shape index (κ1) is 60.8. The van der Waals surface area contributed by atoms with Gasteiger partial charge in [0.05, 0.1) is 37.6 Å². The largest absolute Gasteiger partial charge is 0.494 e. The molecule has 0 radical (unpaired) electrons. The minimum absolute atomic E-state index is 0.132. The van der Waals surface area contributed by atoms with E-state index in [0.717, 1.165) is 76.3 Å². The molecule has 0 aliphatic rings. The Morgan fingerprint density at radius 3 is 0.847 bits per heavy atom. The van der Waals surface area contributed by atoms with Crippen LogP contribution in [0.25, 0.3) is 0 Å². The van der Waals surface area contributed by atoms with Crippen LogP contribution in [-0.2, 0) is 19.1 Å². The number of hydrogen-bond donors (Lipinski definition) is 0. The summed E-state index contributed by atoms with van der Waals surface area (Å²) in [6.07, 6.45) is 32.8. The summed E-state index contributed by atoms with van der Waals surface area (Å²) in [4.78, 5) is 48.3. The highest BCUT2D eigenvalue weighted by molar-refractivity contribution is 5.92. The molecule has 0 saturated carbocycles. The van der Waals surface area contributed by atoms with Gasteiger partial charge in [-0.1, -0.05) is 167 Å². The lowest BCUT2D eigenvalue weighted by Crippen LogP contribution is -2.12. The molecule has 0 unspecified atom stereocenters. The molecule has 3 aromatic carbocycles. The number of hydrogen-bond acceptors (Lipinski definition) is 10. The number of ether oxygens (including phenoxy) is 6. The minimum atomic E-state index is -1.46. The minimum Gasteiger partial charge on any atom is -0.494 e. The number of unbranched alkanes of at least 4 members (excludes halogenated alkanes) is 26. The van der Waals surface area contributed by atoms with Gasteiger partial charge in [0.15, 0.2) is 11.5 Å². The van der Waals surface area contributed by atoms with Crippen LogP contribution in [0, 0.1) is 11.6 Å². The average molecular weight is 1000 g/mol. The highest BCUT2D eigenvalue weighted by Gasteiger charge is 2.21. The molecular formula is C60H84F2O10. The van der Waals surface area contributed by atoms with E-state index in [1.165, 1.54) is 140 Å². The Bertz CT molecular complexity index is 1890. The Morgan fingerprint density at radius 1 is 0.361 bits per heavy atom. The fraction of sp³-hybridized carbons (Fsp3) is 0.567. The van der Waals surface area contributed by atoms with Gasteiger partial charge in [0.1, 0.15) is 11.5 Å². The van der Waals surface area contributed by atoms with Crippen LogP contribution in [-0.4, -0.2) is 50.3 Å². The van der Waals surface area contributed by atoms with Gasteiger partial charge in [-0.15, -0.1) is 0 Å². The van der Waals surface area contributed by atoms with E-state index >= 15 is 8.78 Å². The van der Waals surface area contributed by atoms with Gasteiger partial charge >= 0.3 is 23.9 Å². The van der Waals surface area contributed by atoms with E-state index in [1.807, 2.05) is 0 Å². The number of carbonyl (C=O) groups excluding carboxylic acids is 4. The van der Waals surface area contributed by atoms with Crippen LogP contribution < -0.4 is 18.9 Å². The first-order chi connectivity index (χ1) is 35.0. The number of rotatable bonds is 42. The van der Waals surface area contributed by atoms with E-state index in [9.17, 15) is 19.2 Å². The molecule has 0 aliphatic carbocycles. The third-order valence-corrected chi connectivity index (χ3v) is 12.4. The lowest BCUT2D eigenvalue weighted by molar-refractivity contribution is -0.139. The Balaban J connectivity index is 1.18. The number of esters is 4. The van der Waals surface area contributed by atoms with Crippen molar-refractivity contribution >= 4 is 23.9 Å². The van der Waals surface area contributed by atoms with Crippen LogP contribution in [0.5, 0.6) is 23.0 Å². The quantitative estimate of drug-likeness (QED) is 0.0234. The van der Waals surface area contributed by atoms with E-state index in [1.54, 1.807) is 38.1 Å². The smallest absolute Gasteiger partial charge is 0.343 e. The number of carbonyl (C=O) groups is 4. The zero-order valence-electron chi connectivity index (χ0n) is 43.7. The monoisotopic (exact) mass is 1000 g/mol. The Morgan fingerprint density at radius 2 is 0.597 bits per heavy atom. The third-order valence-electron chi connectivity index (χ3n) is 12.4. The lowest BCUT2D eigenvalue weighted by atomic mass is 10.0. The van der Waals surface area contributed by atoms with Gasteiger partial charge in [-0.2, -0.15) is 8.78 Å². The van der Waals surface area contributed by atoms with E-state index in [0.29, 0.717) is 49.1 Å². The van der Waals surface area contributed by atoms with Gasteiger partial charge < -0.3 is 28.4 Å². The molecule has 3 rings (SSSR count). The van der Waals surface area contributed by atoms with Gasteiger partial charge in [-0.05, 0) is 100 Å². The SMILES string of the molecule is C=C(C)C(=O)OCCCCCCCCCCCCCCCCOc1ccc(C(=O)Oc2ccc(OC(=O)c3ccc(OCCCCCCCCCCCCCCCCOC(=O)C(=C)C)cc3)c(F)c2F)cc1. The van der Waals surface area contributed by atoms with Crippen LogP contribution in [0.3, 0.4) is 0 Å². The molecule has 3 aromatic rings. The first-order valence-corrected chi connectivity index (χ1v) is 27.0. The number of benzene rings is 3. The summed E-state index contributed by atoms with van der Waals surface area (Å²) < 4.78 is 62.2. The van der Waals surface area contributed by atoms with Crippen molar-refractivity contribution in [1.82, 2.24) is 0 Å². The maximum Gasteiger partial charge on any atom is 0.343 e. The molecular weight excluding hydrogens is 919 g/mol. The predicted octanol–water partition coefficient (Wildman–Crippen LogP) is 16.3. The van der Waals surface area contributed by atoms with Crippen molar-refractivity contribution in [2.45, 2.75) is 194 Å². The summed E-state index contributed by atoms with van der Waals surface area (Å²) in [5, 5.41) is 0. The van der Waals surface area contributed by atoms with Crippen LogP contribution in [0.4, 0.5) is 8.78 Å². The molecule has 0 amide bonds. The molecule has 12 heteroatoms. The van der Waals surface area contributed by atoms with Gasteiger partial charge in [-0.25, -0.2) is 19.2 Å². The van der Waals surface area contributed by atoms with E-state index in [4.69, 9.17) is 28.4 Å². The van der Waals surface area contributed by atoms with E-state index in [-0.39, 0.29) is 23.1 Å². The van der Waals surface area contributed by atoms with Gasteiger partial charge in [0.2, 0.25) is 11.6 Å². The standard InChI is InChI=1S/C60H84F2O10/c1-47(2)57(63)69-45-31-27-23-19-15-11-7-5-9-13-17-21-25-29-43-67-51-37-33-49(34-38-51)59(65)71-53-41-42-54(56(62)55(53)61)72-60(66)50-35-39-52(40-36-50)68-44-30-26-22-18-14-10-6-8-12-16-20-24-28-32-46-70-58(64)48(3)4/h33-42H,1,3,5-32,43-46H2,2,4H3. The second-order valence-corrected chi connectivity index (χ2v) is 18.9. The molecule has 0 N–H and O–H groups in total. The zero-order valence-corrected chi connectivity index (χ0v) is 43.7. The Hall–Kier alpha value is -5.52. The molecule has 0 spiro atoms. The molecule has 72 heavy (non-hydrogen) atoms. The van der Waals surface area contributed by atoms with Crippen molar-refractivity contribution in [3.8, 4) is 23.0 Å². The van der Waals surface area contributed by atoms with Crippen LogP contribution in [0.1, 0.15) is 214 Å². The molecule has 0 aliphatic heterocycles. The molecule has 0 bridgehead atoms. The first-order valence-electron chi connectivity index (χ1n) is 27.0. The average Bonchev–Trinajstić information content (AvgIpc) is 3.37. The maximum absolute atomic E-state index is 15.0. The second-order valence-electron chi connectivity index (χ2n) is 18.9. The summed E-state index contributed by atoms with van der Waals surface area (Å²) in [5.74, 6) is -5.36. The lowest BCUT2D eigenvalue weighted by Gasteiger charge is -2.11. The summed E-state index contributed by atoms with van der Waals surface area (Å²) in [7, 11) is 0. The zero-order chi connectivity index (χ0) is 52.0. The number of halogens is 2. The van der Waals surface area contributed by atoms with Crippen molar-refractivity contribution in [2.24, 2.45) is 0 Å². The van der Waals surface area contributed by atoms with Crippen LogP contribution in [0.15, 0.2) is 85.0 Å². The molecule has 0 heterocycles.